The van der Waals surface area contributed by atoms with E-state index in [4.69, 9.17) is 9.47 Å². The van der Waals surface area contributed by atoms with Crippen molar-refractivity contribution in [3.05, 3.63) is 11.8 Å². The minimum atomic E-state index is 0.224. The zero-order valence-corrected chi connectivity index (χ0v) is 11.0. The van der Waals surface area contributed by atoms with Crippen LogP contribution in [0.5, 0.6) is 5.88 Å². The molecule has 5 heteroatoms. The summed E-state index contributed by atoms with van der Waals surface area (Å²) >= 11 is 0. The van der Waals surface area contributed by atoms with Gasteiger partial charge in [0.25, 0.3) is 0 Å². The minimum Gasteiger partial charge on any atom is -0.475 e. The molecule has 1 heterocycles. The SMILES string of the molecule is CCNc1ncc(C)c(OCCOC(C)C)n1. The Kier molecular flexibility index (Phi) is 5.69. The second kappa shape index (κ2) is 7.06. The van der Waals surface area contributed by atoms with Gasteiger partial charge in [-0.05, 0) is 27.7 Å². The Labute approximate surface area is 103 Å². The molecule has 0 saturated heterocycles. The van der Waals surface area contributed by atoms with Crippen molar-refractivity contribution in [1.82, 2.24) is 9.97 Å². The van der Waals surface area contributed by atoms with E-state index in [2.05, 4.69) is 15.3 Å². The summed E-state index contributed by atoms with van der Waals surface area (Å²) in [6.07, 6.45) is 1.98. The van der Waals surface area contributed by atoms with Gasteiger partial charge in [0, 0.05) is 18.3 Å². The molecule has 0 bridgehead atoms. The third kappa shape index (κ3) is 4.99. The fraction of sp³-hybridized carbons (Fsp3) is 0.667. The van der Waals surface area contributed by atoms with E-state index in [-0.39, 0.29) is 6.10 Å². The van der Waals surface area contributed by atoms with Gasteiger partial charge >= 0.3 is 0 Å². The number of aromatic nitrogens is 2. The largest absolute Gasteiger partial charge is 0.475 e. The average molecular weight is 239 g/mol. The molecular formula is C12H21N3O2. The van der Waals surface area contributed by atoms with E-state index in [1.165, 1.54) is 0 Å². The Morgan fingerprint density at radius 3 is 2.76 bits per heavy atom. The molecule has 0 atom stereocenters. The molecule has 0 unspecified atom stereocenters. The Hall–Kier alpha value is -1.36. The van der Waals surface area contributed by atoms with Gasteiger partial charge in [0.05, 0.1) is 12.7 Å². The van der Waals surface area contributed by atoms with Crippen molar-refractivity contribution >= 4 is 5.95 Å². The van der Waals surface area contributed by atoms with Crippen LogP contribution >= 0.6 is 0 Å². The first-order chi connectivity index (χ1) is 8.13. The van der Waals surface area contributed by atoms with E-state index in [9.17, 15) is 0 Å². The van der Waals surface area contributed by atoms with Gasteiger partial charge in [-0.2, -0.15) is 4.98 Å². The van der Waals surface area contributed by atoms with Gasteiger partial charge < -0.3 is 14.8 Å². The van der Waals surface area contributed by atoms with Gasteiger partial charge in [-0.3, -0.25) is 0 Å². The van der Waals surface area contributed by atoms with Crippen molar-refractivity contribution in [3.63, 3.8) is 0 Å². The molecule has 0 aromatic carbocycles. The summed E-state index contributed by atoms with van der Waals surface area (Å²) in [5.41, 5.74) is 0.927. The molecule has 0 spiro atoms. The van der Waals surface area contributed by atoms with Gasteiger partial charge in [0.2, 0.25) is 11.8 Å². The highest BCUT2D eigenvalue weighted by molar-refractivity contribution is 5.32. The molecule has 17 heavy (non-hydrogen) atoms. The summed E-state index contributed by atoms with van der Waals surface area (Å²) < 4.78 is 11.0. The zero-order chi connectivity index (χ0) is 12.7. The molecule has 0 fully saturated rings. The molecule has 1 N–H and O–H groups in total. The number of nitrogens with one attached hydrogen (secondary N) is 1. The summed E-state index contributed by atoms with van der Waals surface area (Å²) in [7, 11) is 0. The molecule has 0 aliphatic carbocycles. The first-order valence-electron chi connectivity index (χ1n) is 5.95. The minimum absolute atomic E-state index is 0.224. The van der Waals surface area contributed by atoms with Crippen LogP contribution < -0.4 is 10.1 Å². The summed E-state index contributed by atoms with van der Waals surface area (Å²) in [5, 5.41) is 3.05. The molecule has 0 saturated carbocycles. The predicted octanol–water partition coefficient (Wildman–Crippen LogP) is 2.02. The number of anilines is 1. The molecule has 0 aliphatic rings. The van der Waals surface area contributed by atoms with Crippen LogP contribution in [0.3, 0.4) is 0 Å². The van der Waals surface area contributed by atoms with E-state index >= 15 is 0 Å². The second-order valence-electron chi connectivity index (χ2n) is 3.98. The third-order valence-electron chi connectivity index (χ3n) is 2.03. The van der Waals surface area contributed by atoms with Crippen LogP contribution in [0.4, 0.5) is 5.95 Å². The third-order valence-corrected chi connectivity index (χ3v) is 2.03. The number of aryl methyl sites for hydroxylation is 1. The zero-order valence-electron chi connectivity index (χ0n) is 11.0. The quantitative estimate of drug-likeness (QED) is 0.738. The summed E-state index contributed by atoms with van der Waals surface area (Å²) in [5.74, 6) is 1.21. The van der Waals surface area contributed by atoms with Crippen molar-refractivity contribution in [2.24, 2.45) is 0 Å². The fourth-order valence-corrected chi connectivity index (χ4v) is 1.24. The normalized spacial score (nSPS) is 10.6. The van der Waals surface area contributed by atoms with E-state index < -0.39 is 0 Å². The first kappa shape index (κ1) is 13.7. The van der Waals surface area contributed by atoms with Crippen LogP contribution in [-0.4, -0.2) is 35.8 Å². The summed E-state index contributed by atoms with van der Waals surface area (Å²) in [4.78, 5) is 8.43. The lowest BCUT2D eigenvalue weighted by Crippen LogP contribution is -2.13. The van der Waals surface area contributed by atoms with Crippen LogP contribution in [0, 0.1) is 6.92 Å². The maximum absolute atomic E-state index is 5.56. The topological polar surface area (TPSA) is 56.3 Å². The van der Waals surface area contributed by atoms with Gasteiger partial charge in [-0.15, -0.1) is 0 Å². The van der Waals surface area contributed by atoms with Crippen LogP contribution in [0.15, 0.2) is 6.20 Å². The number of hydrogen-bond donors (Lipinski definition) is 1. The monoisotopic (exact) mass is 239 g/mol. The lowest BCUT2D eigenvalue weighted by Gasteiger charge is -2.11. The lowest BCUT2D eigenvalue weighted by molar-refractivity contribution is 0.0541. The number of hydrogen-bond acceptors (Lipinski definition) is 5. The Bertz CT molecular complexity index is 343. The van der Waals surface area contributed by atoms with Gasteiger partial charge in [-0.25, -0.2) is 4.98 Å². The average Bonchev–Trinajstić information content (AvgIpc) is 2.28. The van der Waals surface area contributed by atoms with E-state index in [1.54, 1.807) is 6.20 Å². The molecule has 0 aliphatic heterocycles. The van der Waals surface area contributed by atoms with Gasteiger partial charge in [-0.1, -0.05) is 0 Å². The molecule has 1 aromatic rings. The van der Waals surface area contributed by atoms with Crippen LogP contribution in [-0.2, 0) is 4.74 Å². The summed E-state index contributed by atoms with van der Waals surface area (Å²) in [6, 6.07) is 0. The summed E-state index contributed by atoms with van der Waals surface area (Å²) in [6.45, 7) is 9.78. The Balaban J connectivity index is 2.48. The van der Waals surface area contributed by atoms with Crippen LogP contribution in [0.1, 0.15) is 26.3 Å². The van der Waals surface area contributed by atoms with Crippen molar-refractivity contribution in [2.45, 2.75) is 33.8 Å². The highest BCUT2D eigenvalue weighted by atomic mass is 16.5. The van der Waals surface area contributed by atoms with Crippen molar-refractivity contribution in [1.29, 1.82) is 0 Å². The van der Waals surface area contributed by atoms with Crippen molar-refractivity contribution in [3.8, 4) is 5.88 Å². The fourth-order valence-electron chi connectivity index (χ4n) is 1.24. The molecule has 96 valence electrons. The smallest absolute Gasteiger partial charge is 0.225 e. The van der Waals surface area contributed by atoms with Crippen molar-refractivity contribution < 1.29 is 9.47 Å². The van der Waals surface area contributed by atoms with Crippen LogP contribution in [0.25, 0.3) is 0 Å². The molecular weight excluding hydrogens is 218 g/mol. The highest BCUT2D eigenvalue weighted by Crippen LogP contribution is 2.14. The lowest BCUT2D eigenvalue weighted by atomic mass is 10.4. The number of nitrogens with zero attached hydrogens (tertiary/aromatic N) is 2. The molecule has 5 nitrogen and oxygen atoms in total. The maximum atomic E-state index is 5.56. The first-order valence-corrected chi connectivity index (χ1v) is 5.95. The van der Waals surface area contributed by atoms with E-state index in [0.29, 0.717) is 25.0 Å². The van der Waals surface area contributed by atoms with Gasteiger partial charge in [0.1, 0.15) is 6.61 Å². The van der Waals surface area contributed by atoms with Crippen LogP contribution in [0.2, 0.25) is 0 Å². The molecule has 1 aromatic heterocycles. The van der Waals surface area contributed by atoms with Crippen molar-refractivity contribution in [2.75, 3.05) is 25.1 Å². The number of ether oxygens (including phenoxy) is 2. The molecule has 0 amide bonds. The van der Waals surface area contributed by atoms with E-state index in [1.807, 2.05) is 27.7 Å². The highest BCUT2D eigenvalue weighted by Gasteiger charge is 2.04. The molecule has 1 rings (SSSR count). The predicted molar refractivity (Wildman–Crippen MR) is 67.5 cm³/mol. The standard InChI is InChI=1S/C12H21N3O2/c1-5-13-12-14-8-10(4)11(15-12)17-7-6-16-9(2)3/h8-9H,5-7H2,1-4H3,(H,13,14,15). The van der Waals surface area contributed by atoms with Gasteiger partial charge in [0.15, 0.2) is 0 Å². The second-order valence-corrected chi connectivity index (χ2v) is 3.98. The Morgan fingerprint density at radius 1 is 1.35 bits per heavy atom. The maximum Gasteiger partial charge on any atom is 0.225 e. The Morgan fingerprint density at radius 2 is 2.12 bits per heavy atom. The molecule has 0 radical (unpaired) electrons. The number of rotatable bonds is 7. The van der Waals surface area contributed by atoms with E-state index in [0.717, 1.165) is 12.1 Å².